The Balaban J connectivity index is 1.03. The highest BCUT2D eigenvalue weighted by Gasteiger charge is 2.25. The summed E-state index contributed by atoms with van der Waals surface area (Å²) in [5.74, 6) is 1.37. The Morgan fingerprint density at radius 1 is 0.932 bits per heavy atom. The molecule has 5 rings (SSSR count). The van der Waals surface area contributed by atoms with Gasteiger partial charge in [-0.05, 0) is 55.8 Å². The van der Waals surface area contributed by atoms with Crippen molar-refractivity contribution >= 4 is 28.5 Å². The van der Waals surface area contributed by atoms with E-state index in [0.717, 1.165) is 60.7 Å². The van der Waals surface area contributed by atoms with E-state index in [1.807, 2.05) is 47.4 Å². The lowest BCUT2D eigenvalue weighted by Gasteiger charge is -2.37. The number of fused-ring (bicyclic) bond motifs is 1. The van der Waals surface area contributed by atoms with Gasteiger partial charge in [-0.25, -0.2) is 0 Å². The number of nitrogens with zero attached hydrogens (tertiary/aromatic N) is 5. The van der Waals surface area contributed by atoms with Gasteiger partial charge >= 0.3 is 0 Å². The molecular weight excluding hydrogens is 558 g/mol. The average Bonchev–Trinajstić information content (AvgIpc) is 3.49. The molecule has 0 saturated carbocycles. The average molecular weight is 604 g/mol. The molecule has 0 spiro atoms. The maximum Gasteiger partial charge on any atom is 0.246 e. The Kier molecular flexibility index (Phi) is 10.6. The number of aliphatic hydroxyl groups excluding tert-OH is 1. The highest BCUT2D eigenvalue weighted by Crippen LogP contribution is 2.31. The molecular formula is C34H45N5O5. The van der Waals surface area contributed by atoms with E-state index in [-0.39, 0.29) is 11.8 Å². The molecule has 0 bridgehead atoms. The van der Waals surface area contributed by atoms with Gasteiger partial charge in [-0.2, -0.15) is 0 Å². The molecule has 2 fully saturated rings. The molecule has 1 unspecified atom stereocenters. The number of carbonyl (C=O) groups excluding carboxylic acids is 2. The molecule has 2 amide bonds. The Hall–Kier alpha value is -3.86. The van der Waals surface area contributed by atoms with Crippen LogP contribution < -0.4 is 9.64 Å². The van der Waals surface area contributed by atoms with Crippen LogP contribution in [0.25, 0.3) is 11.0 Å². The van der Waals surface area contributed by atoms with Gasteiger partial charge < -0.3 is 29.0 Å². The zero-order valence-electron chi connectivity index (χ0n) is 26.0. The largest absolute Gasteiger partial charge is 0.492 e. The predicted molar refractivity (Wildman–Crippen MR) is 172 cm³/mol. The van der Waals surface area contributed by atoms with Crippen molar-refractivity contribution in [2.75, 3.05) is 90.0 Å². The lowest BCUT2D eigenvalue weighted by atomic mass is 10.1. The quantitative estimate of drug-likeness (QED) is 0.316. The number of amides is 2. The third-order valence-corrected chi connectivity index (χ3v) is 8.74. The van der Waals surface area contributed by atoms with Crippen LogP contribution in [0.4, 0.5) is 5.69 Å². The minimum atomic E-state index is -0.863. The molecule has 10 heteroatoms. The van der Waals surface area contributed by atoms with E-state index in [9.17, 15) is 14.7 Å². The molecule has 236 valence electrons. The summed E-state index contributed by atoms with van der Waals surface area (Å²) < 4.78 is 12.0. The molecule has 2 saturated heterocycles. The fraction of sp³-hybridized carbons (Fsp3) is 0.471. The predicted octanol–water partition coefficient (Wildman–Crippen LogP) is 3.21. The number of carbonyl (C=O) groups is 2. The Morgan fingerprint density at radius 2 is 1.59 bits per heavy atom. The van der Waals surface area contributed by atoms with Gasteiger partial charge in [0.05, 0.1) is 6.54 Å². The van der Waals surface area contributed by atoms with Gasteiger partial charge in [0.15, 0.2) is 0 Å². The summed E-state index contributed by atoms with van der Waals surface area (Å²) in [7, 11) is 0. The Labute approximate surface area is 260 Å². The maximum atomic E-state index is 12.8. The summed E-state index contributed by atoms with van der Waals surface area (Å²) in [6.07, 6.45) is 0.484. The minimum absolute atomic E-state index is 0.0459. The van der Waals surface area contributed by atoms with Gasteiger partial charge in [0.1, 0.15) is 29.8 Å². The second-order valence-corrected chi connectivity index (χ2v) is 11.4. The summed E-state index contributed by atoms with van der Waals surface area (Å²) in [4.78, 5) is 35.0. The topological polar surface area (TPSA) is 92.9 Å². The third-order valence-electron chi connectivity index (χ3n) is 8.74. The molecule has 2 aromatic carbocycles. The number of anilines is 1. The van der Waals surface area contributed by atoms with Gasteiger partial charge in [0.2, 0.25) is 11.8 Å². The smallest absolute Gasteiger partial charge is 0.246 e. The molecule has 0 radical (unpaired) electrons. The monoisotopic (exact) mass is 603 g/mol. The van der Waals surface area contributed by atoms with Gasteiger partial charge in [-0.15, -0.1) is 0 Å². The number of piperazine rings is 2. The van der Waals surface area contributed by atoms with Crippen molar-refractivity contribution in [2.24, 2.45) is 0 Å². The van der Waals surface area contributed by atoms with Gasteiger partial charge in [0.25, 0.3) is 0 Å². The van der Waals surface area contributed by atoms with E-state index in [2.05, 4.69) is 41.2 Å². The van der Waals surface area contributed by atoms with E-state index in [1.165, 1.54) is 6.08 Å². The Morgan fingerprint density at radius 3 is 2.25 bits per heavy atom. The number of ether oxygens (including phenoxy) is 1. The fourth-order valence-corrected chi connectivity index (χ4v) is 5.93. The van der Waals surface area contributed by atoms with Gasteiger partial charge in [-0.1, -0.05) is 18.7 Å². The van der Waals surface area contributed by atoms with Crippen LogP contribution >= 0.6 is 0 Å². The van der Waals surface area contributed by atoms with E-state index < -0.39 is 6.10 Å². The molecule has 44 heavy (non-hydrogen) atoms. The normalized spacial score (nSPS) is 17.1. The lowest BCUT2D eigenvalue weighted by molar-refractivity contribution is -0.135. The molecule has 0 aliphatic carbocycles. The summed E-state index contributed by atoms with van der Waals surface area (Å²) in [6, 6.07) is 15.6. The molecule has 1 N–H and O–H groups in total. The molecule has 2 aliphatic rings. The number of hydrogen-bond acceptors (Lipinski definition) is 8. The summed E-state index contributed by atoms with van der Waals surface area (Å²) in [5.41, 5.74) is 2.62. The van der Waals surface area contributed by atoms with Gasteiger partial charge in [0, 0.05) is 89.1 Å². The van der Waals surface area contributed by atoms with Crippen molar-refractivity contribution in [2.45, 2.75) is 20.0 Å². The lowest BCUT2D eigenvalue weighted by Crippen LogP contribution is -2.54. The van der Waals surface area contributed by atoms with Crippen LogP contribution in [0.2, 0.25) is 0 Å². The number of benzene rings is 2. The fourth-order valence-electron chi connectivity index (χ4n) is 5.93. The Bertz CT molecular complexity index is 1400. The molecule has 1 atom stereocenters. The maximum absolute atomic E-state index is 12.8. The molecule has 10 nitrogen and oxygen atoms in total. The van der Waals surface area contributed by atoms with Crippen LogP contribution in [0, 0.1) is 0 Å². The van der Waals surface area contributed by atoms with Crippen LogP contribution in [0.1, 0.15) is 31.3 Å². The van der Waals surface area contributed by atoms with Crippen LogP contribution in [0.3, 0.4) is 0 Å². The molecule has 3 heterocycles. The summed E-state index contributed by atoms with van der Waals surface area (Å²) in [5, 5.41) is 12.0. The van der Waals surface area contributed by atoms with Crippen LogP contribution in [-0.2, 0) is 9.59 Å². The first kappa shape index (κ1) is 31.6. The minimum Gasteiger partial charge on any atom is -0.492 e. The zero-order chi connectivity index (χ0) is 31.1. The molecule has 1 aromatic heterocycles. The van der Waals surface area contributed by atoms with Crippen LogP contribution in [0.15, 0.2) is 65.6 Å². The third kappa shape index (κ3) is 7.61. The first-order valence-corrected chi connectivity index (χ1v) is 15.7. The first-order chi connectivity index (χ1) is 21.4. The summed E-state index contributed by atoms with van der Waals surface area (Å²) >= 11 is 0. The SMILES string of the molecule is C=CC(=O)N1CCN(CC(=O)N2CCN(CCOc3ccc(C(O)c4cc5ccc(N(CC)CC)cc5o4)cc3)CC2)CC1. The number of aliphatic hydroxyl groups is 1. The number of rotatable bonds is 12. The van der Waals surface area contributed by atoms with Crippen molar-refractivity contribution in [3.05, 3.63) is 72.5 Å². The van der Waals surface area contributed by atoms with E-state index >= 15 is 0 Å². The molecule has 3 aromatic rings. The summed E-state index contributed by atoms with van der Waals surface area (Å²) in [6.45, 7) is 17.1. The van der Waals surface area contributed by atoms with Crippen molar-refractivity contribution < 1.29 is 23.8 Å². The van der Waals surface area contributed by atoms with Gasteiger partial charge in [-0.3, -0.25) is 19.4 Å². The second kappa shape index (κ2) is 14.7. The van der Waals surface area contributed by atoms with E-state index in [4.69, 9.17) is 9.15 Å². The standard InChI is InChI=1S/C34H45N5O5/c1-4-32(40)38-19-15-36(16-20-38)25-33(41)39-17-13-35(14-18-39)21-22-43-29-11-8-26(9-12-29)34(42)31-23-27-7-10-28(24-30(27)44-31)37(5-2)6-3/h4,7-12,23-24,34,42H,1,5-6,13-22,25H2,2-3H3. The highest BCUT2D eigenvalue weighted by molar-refractivity contribution is 5.87. The highest BCUT2D eigenvalue weighted by atomic mass is 16.5. The van der Waals surface area contributed by atoms with Crippen molar-refractivity contribution in [1.82, 2.24) is 19.6 Å². The number of hydrogen-bond donors (Lipinski definition) is 1. The van der Waals surface area contributed by atoms with Crippen LogP contribution in [-0.4, -0.2) is 122 Å². The second-order valence-electron chi connectivity index (χ2n) is 11.4. The zero-order valence-corrected chi connectivity index (χ0v) is 26.0. The van der Waals surface area contributed by atoms with E-state index in [1.54, 1.807) is 4.90 Å². The number of furan rings is 1. The molecule has 2 aliphatic heterocycles. The first-order valence-electron chi connectivity index (χ1n) is 15.7. The van der Waals surface area contributed by atoms with Crippen molar-refractivity contribution in [3.8, 4) is 5.75 Å². The van der Waals surface area contributed by atoms with Crippen molar-refractivity contribution in [1.29, 1.82) is 0 Å². The van der Waals surface area contributed by atoms with Crippen LogP contribution in [0.5, 0.6) is 5.75 Å². The van der Waals surface area contributed by atoms with Crippen molar-refractivity contribution in [3.63, 3.8) is 0 Å². The van der Waals surface area contributed by atoms with E-state index in [0.29, 0.717) is 58.2 Å².